The monoisotopic (exact) mass is 313 g/mol. The van der Waals surface area contributed by atoms with E-state index in [1.165, 1.54) is 19.2 Å². The summed E-state index contributed by atoms with van der Waals surface area (Å²) in [6.07, 6.45) is -1.08. The number of carbonyl (C=O) groups is 1. The van der Waals surface area contributed by atoms with Gasteiger partial charge in [-0.3, -0.25) is 4.79 Å². The molecule has 5 nitrogen and oxygen atoms in total. The predicted molar refractivity (Wildman–Crippen MR) is 86.4 cm³/mol. The molecule has 0 bridgehead atoms. The normalized spacial score (nSPS) is 23.7. The van der Waals surface area contributed by atoms with Gasteiger partial charge in [0.15, 0.2) is 11.7 Å². The van der Waals surface area contributed by atoms with Gasteiger partial charge in [0.05, 0.1) is 5.69 Å². The summed E-state index contributed by atoms with van der Waals surface area (Å²) < 4.78 is 5.38. The number of hydrogen-bond acceptors (Lipinski definition) is 4. The Bertz CT molecular complexity index is 731. The summed E-state index contributed by atoms with van der Waals surface area (Å²) in [5, 5.41) is 21.4. The summed E-state index contributed by atoms with van der Waals surface area (Å²) >= 11 is 0. The van der Waals surface area contributed by atoms with Gasteiger partial charge in [-0.1, -0.05) is 30.3 Å². The van der Waals surface area contributed by atoms with Gasteiger partial charge in [0, 0.05) is 19.2 Å². The molecular formula is C18H19NO4. The molecule has 2 unspecified atom stereocenters. The molecule has 120 valence electrons. The lowest BCUT2D eigenvalue weighted by Gasteiger charge is -2.44. The molecule has 1 amide bonds. The van der Waals surface area contributed by atoms with Crippen LogP contribution in [0.5, 0.6) is 5.75 Å². The van der Waals surface area contributed by atoms with Gasteiger partial charge < -0.3 is 19.8 Å². The van der Waals surface area contributed by atoms with Crippen molar-refractivity contribution >= 4 is 11.6 Å². The Balaban J connectivity index is 2.32. The number of amides is 1. The van der Waals surface area contributed by atoms with E-state index in [2.05, 4.69) is 0 Å². The van der Waals surface area contributed by atoms with Gasteiger partial charge in [-0.2, -0.15) is 0 Å². The zero-order valence-corrected chi connectivity index (χ0v) is 13.1. The second-order valence-electron chi connectivity index (χ2n) is 5.53. The first-order valence-corrected chi connectivity index (χ1v) is 7.49. The molecule has 3 rings (SSSR count). The van der Waals surface area contributed by atoms with Crippen molar-refractivity contribution in [3.05, 3.63) is 59.7 Å². The van der Waals surface area contributed by atoms with E-state index in [9.17, 15) is 15.0 Å². The van der Waals surface area contributed by atoms with Crippen LogP contribution in [0.4, 0.5) is 5.69 Å². The minimum absolute atomic E-state index is 0.0263. The van der Waals surface area contributed by atoms with E-state index in [0.717, 1.165) is 0 Å². The molecule has 5 heteroatoms. The van der Waals surface area contributed by atoms with Crippen LogP contribution in [-0.2, 0) is 15.1 Å². The van der Waals surface area contributed by atoms with Crippen LogP contribution in [0.1, 0.15) is 18.1 Å². The van der Waals surface area contributed by atoms with Crippen LogP contribution in [0, 0.1) is 0 Å². The number of methoxy groups -OCH3 is 1. The fraction of sp³-hybridized carbons (Fsp3) is 0.278. The molecule has 2 N–H and O–H groups in total. The fourth-order valence-electron chi connectivity index (χ4n) is 3.24. The number of ether oxygens (including phenoxy) is 1. The fourth-order valence-corrected chi connectivity index (χ4v) is 3.24. The van der Waals surface area contributed by atoms with Gasteiger partial charge in [0.2, 0.25) is 0 Å². The van der Waals surface area contributed by atoms with Gasteiger partial charge in [-0.15, -0.1) is 0 Å². The number of anilines is 1. The van der Waals surface area contributed by atoms with Crippen molar-refractivity contribution in [2.75, 3.05) is 18.6 Å². The Morgan fingerprint density at radius 1 is 1.22 bits per heavy atom. The standard InChI is InChI=1S/C18H19NO4/c1-3-19-15-10-9-13(20)11-14(15)18(22,16(23-2)17(19)21)12-7-5-4-6-8-12/h4-11,16,20,22H,3H2,1-2H3. The first-order chi connectivity index (χ1) is 11.0. The topological polar surface area (TPSA) is 70.0 Å². The zero-order chi connectivity index (χ0) is 16.6. The summed E-state index contributed by atoms with van der Waals surface area (Å²) in [6.45, 7) is 2.30. The summed E-state index contributed by atoms with van der Waals surface area (Å²) in [6, 6.07) is 13.5. The van der Waals surface area contributed by atoms with Crippen molar-refractivity contribution in [3.8, 4) is 5.75 Å². The van der Waals surface area contributed by atoms with E-state index < -0.39 is 11.7 Å². The van der Waals surface area contributed by atoms with Gasteiger partial charge in [0.25, 0.3) is 5.91 Å². The van der Waals surface area contributed by atoms with Crippen LogP contribution in [0.15, 0.2) is 48.5 Å². The molecule has 2 aromatic carbocycles. The molecule has 1 heterocycles. The van der Waals surface area contributed by atoms with Crippen LogP contribution >= 0.6 is 0 Å². The largest absolute Gasteiger partial charge is 0.508 e. The Morgan fingerprint density at radius 2 is 1.91 bits per heavy atom. The highest BCUT2D eigenvalue weighted by molar-refractivity contribution is 6.01. The van der Waals surface area contributed by atoms with Crippen molar-refractivity contribution in [1.82, 2.24) is 0 Å². The number of rotatable bonds is 3. The second-order valence-corrected chi connectivity index (χ2v) is 5.53. The molecule has 1 aliphatic heterocycles. The van der Waals surface area contributed by atoms with Crippen molar-refractivity contribution in [3.63, 3.8) is 0 Å². The number of phenolic OH excluding ortho intramolecular Hbond substituents is 1. The number of fused-ring (bicyclic) bond motifs is 1. The van der Waals surface area contributed by atoms with Gasteiger partial charge in [-0.25, -0.2) is 0 Å². The van der Waals surface area contributed by atoms with Crippen LogP contribution in [0.2, 0.25) is 0 Å². The van der Waals surface area contributed by atoms with E-state index in [-0.39, 0.29) is 11.7 Å². The first kappa shape index (κ1) is 15.5. The van der Waals surface area contributed by atoms with E-state index in [4.69, 9.17) is 4.74 Å². The number of hydrogen-bond donors (Lipinski definition) is 2. The van der Waals surface area contributed by atoms with Gasteiger partial charge in [0.1, 0.15) is 5.75 Å². The lowest BCUT2D eigenvalue weighted by Crippen LogP contribution is -2.57. The Labute approximate surface area is 134 Å². The molecule has 0 saturated carbocycles. The second kappa shape index (κ2) is 5.68. The average Bonchev–Trinajstić information content (AvgIpc) is 2.57. The highest BCUT2D eigenvalue weighted by atomic mass is 16.5. The Morgan fingerprint density at radius 3 is 2.52 bits per heavy atom. The number of aliphatic hydroxyl groups is 1. The molecule has 2 atom stereocenters. The zero-order valence-electron chi connectivity index (χ0n) is 13.1. The number of likely N-dealkylation sites (N-methyl/N-ethyl adjacent to an activating group) is 1. The number of benzene rings is 2. The molecule has 1 aliphatic rings. The number of nitrogens with zero attached hydrogens (tertiary/aromatic N) is 1. The smallest absolute Gasteiger partial charge is 0.259 e. The molecule has 0 radical (unpaired) electrons. The molecule has 2 aromatic rings. The number of aromatic hydroxyl groups is 1. The maximum atomic E-state index is 12.8. The minimum atomic E-state index is -1.66. The third-order valence-corrected chi connectivity index (χ3v) is 4.32. The summed E-state index contributed by atoms with van der Waals surface area (Å²) in [7, 11) is 1.40. The summed E-state index contributed by atoms with van der Waals surface area (Å²) in [5.41, 5.74) is -0.0814. The van der Waals surface area contributed by atoms with E-state index in [0.29, 0.717) is 23.4 Å². The highest BCUT2D eigenvalue weighted by Crippen LogP contribution is 2.45. The van der Waals surface area contributed by atoms with Crippen molar-refractivity contribution in [2.24, 2.45) is 0 Å². The SMILES string of the molecule is CCN1C(=O)C(OC)C(O)(c2ccccc2)c2cc(O)ccc21. The molecule has 0 fully saturated rings. The van der Waals surface area contributed by atoms with E-state index in [1.807, 2.05) is 13.0 Å². The van der Waals surface area contributed by atoms with Crippen LogP contribution in [0.3, 0.4) is 0 Å². The van der Waals surface area contributed by atoms with E-state index in [1.54, 1.807) is 35.2 Å². The van der Waals surface area contributed by atoms with Crippen LogP contribution < -0.4 is 4.90 Å². The van der Waals surface area contributed by atoms with Gasteiger partial charge in [-0.05, 0) is 30.7 Å². The average molecular weight is 313 g/mol. The lowest BCUT2D eigenvalue weighted by atomic mass is 9.77. The third-order valence-electron chi connectivity index (χ3n) is 4.32. The van der Waals surface area contributed by atoms with Gasteiger partial charge >= 0.3 is 0 Å². The predicted octanol–water partition coefficient (Wildman–Crippen LogP) is 2.01. The van der Waals surface area contributed by atoms with Crippen LogP contribution in [0.25, 0.3) is 0 Å². The summed E-state index contributed by atoms with van der Waals surface area (Å²) in [5.74, 6) is -0.280. The highest BCUT2D eigenvalue weighted by Gasteiger charge is 2.52. The molecule has 0 aliphatic carbocycles. The molecule has 23 heavy (non-hydrogen) atoms. The van der Waals surface area contributed by atoms with Crippen LogP contribution in [-0.4, -0.2) is 35.9 Å². The maximum absolute atomic E-state index is 12.8. The Kier molecular flexibility index (Phi) is 3.83. The maximum Gasteiger partial charge on any atom is 0.259 e. The number of carbonyl (C=O) groups excluding carboxylic acids is 1. The number of phenols is 1. The van der Waals surface area contributed by atoms with Crippen molar-refractivity contribution in [2.45, 2.75) is 18.6 Å². The quantitative estimate of drug-likeness (QED) is 0.909. The summed E-state index contributed by atoms with van der Waals surface area (Å²) in [4.78, 5) is 14.4. The third kappa shape index (κ3) is 2.20. The molecule has 0 aromatic heterocycles. The van der Waals surface area contributed by atoms with E-state index >= 15 is 0 Å². The first-order valence-electron chi connectivity index (χ1n) is 7.49. The lowest BCUT2D eigenvalue weighted by molar-refractivity contribution is -0.145. The Hall–Kier alpha value is -2.37. The molecule has 0 spiro atoms. The van der Waals surface area contributed by atoms with Crippen molar-refractivity contribution < 1.29 is 19.7 Å². The van der Waals surface area contributed by atoms with Crippen molar-refractivity contribution in [1.29, 1.82) is 0 Å². The molecule has 0 saturated heterocycles. The minimum Gasteiger partial charge on any atom is -0.508 e. The molecular weight excluding hydrogens is 294 g/mol.